The first-order valence-electron chi connectivity index (χ1n) is 4.99. The Hall–Kier alpha value is -1.06. The van der Waals surface area contributed by atoms with Gasteiger partial charge in [-0.05, 0) is 33.6 Å². The molecule has 0 unspecified atom stereocenters. The van der Waals surface area contributed by atoms with E-state index in [1.165, 1.54) is 0 Å². The number of nitrogens with two attached hydrogens (primary N) is 1. The molecule has 3 N–H and O–H groups in total. The number of aliphatic imine (C=N–C) groups is 1. The maximum Gasteiger partial charge on any atom is 0.242 e. The zero-order valence-electron chi connectivity index (χ0n) is 9.13. The van der Waals surface area contributed by atoms with Gasteiger partial charge in [-0.2, -0.15) is 0 Å². The van der Waals surface area contributed by atoms with Gasteiger partial charge < -0.3 is 11.1 Å². The van der Waals surface area contributed by atoms with Crippen LogP contribution in [-0.2, 0) is 4.79 Å². The molecule has 4 heteroatoms. The van der Waals surface area contributed by atoms with E-state index in [4.69, 9.17) is 5.73 Å². The summed E-state index contributed by atoms with van der Waals surface area (Å²) in [6, 6.07) is 0. The molecule has 0 atom stereocenters. The molecule has 1 aliphatic carbocycles. The van der Waals surface area contributed by atoms with Crippen LogP contribution in [-0.4, -0.2) is 23.8 Å². The van der Waals surface area contributed by atoms with Crippen molar-refractivity contribution in [2.75, 3.05) is 6.54 Å². The summed E-state index contributed by atoms with van der Waals surface area (Å²) in [5.41, 5.74) is 5.47. The Morgan fingerprint density at radius 3 is 2.50 bits per heavy atom. The van der Waals surface area contributed by atoms with E-state index < -0.39 is 0 Å². The van der Waals surface area contributed by atoms with E-state index in [-0.39, 0.29) is 18.0 Å². The summed E-state index contributed by atoms with van der Waals surface area (Å²) in [4.78, 5) is 15.4. The van der Waals surface area contributed by atoms with Gasteiger partial charge in [0.05, 0.1) is 5.84 Å². The highest BCUT2D eigenvalue weighted by Crippen LogP contribution is 2.28. The third-order valence-corrected chi connectivity index (χ3v) is 1.92. The molecule has 1 rings (SSSR count). The molecule has 4 nitrogen and oxygen atoms in total. The highest BCUT2D eigenvalue weighted by atomic mass is 16.2. The monoisotopic (exact) mass is 197 g/mol. The maximum atomic E-state index is 11.3. The average Bonchev–Trinajstić information content (AvgIpc) is 2.78. The van der Waals surface area contributed by atoms with E-state index in [9.17, 15) is 4.79 Å². The smallest absolute Gasteiger partial charge is 0.242 e. The van der Waals surface area contributed by atoms with Crippen molar-refractivity contribution >= 4 is 11.7 Å². The van der Waals surface area contributed by atoms with E-state index in [0.717, 1.165) is 12.8 Å². The summed E-state index contributed by atoms with van der Waals surface area (Å²) in [5.74, 6) is 1.01. The van der Waals surface area contributed by atoms with E-state index in [2.05, 4.69) is 10.3 Å². The van der Waals surface area contributed by atoms with Crippen molar-refractivity contribution in [3.63, 3.8) is 0 Å². The molecule has 0 bridgehead atoms. The van der Waals surface area contributed by atoms with Crippen molar-refractivity contribution < 1.29 is 4.79 Å². The lowest BCUT2D eigenvalue weighted by Crippen LogP contribution is -2.42. The van der Waals surface area contributed by atoms with Crippen LogP contribution in [0.25, 0.3) is 0 Å². The topological polar surface area (TPSA) is 67.5 Å². The minimum atomic E-state index is -0.194. The Labute approximate surface area is 85.0 Å². The van der Waals surface area contributed by atoms with Crippen LogP contribution >= 0.6 is 0 Å². The van der Waals surface area contributed by atoms with Crippen molar-refractivity contribution in [2.24, 2.45) is 16.6 Å². The molecule has 1 fully saturated rings. The number of carbonyl (C=O) groups is 1. The van der Waals surface area contributed by atoms with Crippen LogP contribution in [0.5, 0.6) is 0 Å². The highest BCUT2D eigenvalue weighted by Gasteiger charge is 2.25. The fourth-order valence-corrected chi connectivity index (χ4v) is 1.13. The van der Waals surface area contributed by atoms with Gasteiger partial charge in [0.2, 0.25) is 5.91 Å². The van der Waals surface area contributed by atoms with Gasteiger partial charge in [0.25, 0.3) is 0 Å². The van der Waals surface area contributed by atoms with Crippen LogP contribution in [0.4, 0.5) is 0 Å². The lowest BCUT2D eigenvalue weighted by molar-refractivity contribution is -0.121. The van der Waals surface area contributed by atoms with Crippen LogP contribution in [0, 0.1) is 5.92 Å². The molecular weight excluding hydrogens is 178 g/mol. The zero-order chi connectivity index (χ0) is 10.8. The Morgan fingerprint density at radius 1 is 1.50 bits per heavy atom. The number of hydrogen-bond acceptors (Lipinski definition) is 2. The summed E-state index contributed by atoms with van der Waals surface area (Å²) in [5, 5.41) is 2.83. The van der Waals surface area contributed by atoms with Crippen molar-refractivity contribution in [1.29, 1.82) is 0 Å². The molecular formula is C10H19N3O. The largest absolute Gasteiger partial charge is 0.387 e. The molecule has 0 spiro atoms. The predicted molar refractivity (Wildman–Crippen MR) is 57.1 cm³/mol. The second kappa shape index (κ2) is 3.98. The number of rotatable bonds is 3. The first-order valence-corrected chi connectivity index (χ1v) is 4.99. The summed E-state index contributed by atoms with van der Waals surface area (Å²) < 4.78 is 0. The Balaban J connectivity index is 2.30. The number of amides is 1. The standard InChI is InChI=1S/C10H19N3O/c1-10(2,3)13-8(14)6-12-9(11)7-4-5-7/h7H,4-6H2,1-3H3,(H2,11,12)(H,13,14). The molecule has 1 aliphatic rings. The third kappa shape index (κ3) is 4.25. The molecule has 1 amide bonds. The van der Waals surface area contributed by atoms with E-state index in [1.807, 2.05) is 20.8 Å². The second-order valence-corrected chi connectivity index (χ2v) is 4.81. The van der Waals surface area contributed by atoms with Crippen molar-refractivity contribution in [3.05, 3.63) is 0 Å². The first-order chi connectivity index (χ1) is 6.38. The first kappa shape index (κ1) is 11.0. The van der Waals surface area contributed by atoms with Gasteiger partial charge in [-0.3, -0.25) is 9.79 Å². The number of amidine groups is 1. The van der Waals surface area contributed by atoms with Gasteiger partial charge in [-0.25, -0.2) is 0 Å². The Bertz CT molecular complexity index is 249. The van der Waals surface area contributed by atoms with Crippen LogP contribution in [0.15, 0.2) is 4.99 Å². The van der Waals surface area contributed by atoms with Gasteiger partial charge in [0.15, 0.2) is 0 Å². The lowest BCUT2D eigenvalue weighted by atomic mass is 10.1. The van der Waals surface area contributed by atoms with Crippen molar-refractivity contribution in [3.8, 4) is 0 Å². The number of nitrogens with one attached hydrogen (secondary N) is 1. The summed E-state index contributed by atoms with van der Waals surface area (Å²) >= 11 is 0. The van der Waals surface area contributed by atoms with Crippen LogP contribution in [0.3, 0.4) is 0 Å². The Morgan fingerprint density at radius 2 is 2.07 bits per heavy atom. The molecule has 0 aromatic rings. The summed E-state index contributed by atoms with van der Waals surface area (Å²) in [6.07, 6.45) is 2.24. The molecule has 80 valence electrons. The van der Waals surface area contributed by atoms with Gasteiger partial charge in [-0.1, -0.05) is 0 Å². The maximum absolute atomic E-state index is 11.3. The highest BCUT2D eigenvalue weighted by molar-refractivity contribution is 5.88. The van der Waals surface area contributed by atoms with E-state index >= 15 is 0 Å². The molecule has 0 radical (unpaired) electrons. The number of nitrogens with zero attached hydrogens (tertiary/aromatic N) is 1. The predicted octanol–water partition coefficient (Wildman–Crippen LogP) is 0.668. The molecule has 0 aromatic carbocycles. The fourth-order valence-electron chi connectivity index (χ4n) is 1.13. The Kier molecular flexibility index (Phi) is 3.13. The van der Waals surface area contributed by atoms with Crippen LogP contribution in [0.2, 0.25) is 0 Å². The molecule has 0 aliphatic heterocycles. The van der Waals surface area contributed by atoms with E-state index in [1.54, 1.807) is 0 Å². The number of hydrogen-bond donors (Lipinski definition) is 2. The summed E-state index contributed by atoms with van der Waals surface area (Å²) in [6.45, 7) is 5.98. The minimum Gasteiger partial charge on any atom is -0.387 e. The van der Waals surface area contributed by atoms with Crippen LogP contribution < -0.4 is 11.1 Å². The van der Waals surface area contributed by atoms with Gasteiger partial charge in [0, 0.05) is 11.5 Å². The zero-order valence-corrected chi connectivity index (χ0v) is 9.13. The average molecular weight is 197 g/mol. The minimum absolute atomic E-state index is 0.0684. The quantitative estimate of drug-likeness (QED) is 0.516. The van der Waals surface area contributed by atoms with Gasteiger partial charge in [-0.15, -0.1) is 0 Å². The second-order valence-electron chi connectivity index (χ2n) is 4.81. The molecule has 14 heavy (non-hydrogen) atoms. The molecule has 1 saturated carbocycles. The number of carbonyl (C=O) groups excluding carboxylic acids is 1. The van der Waals surface area contributed by atoms with Gasteiger partial charge in [0.1, 0.15) is 6.54 Å². The van der Waals surface area contributed by atoms with Crippen LogP contribution in [0.1, 0.15) is 33.6 Å². The molecule has 0 heterocycles. The third-order valence-electron chi connectivity index (χ3n) is 1.92. The fraction of sp³-hybridized carbons (Fsp3) is 0.800. The SMILES string of the molecule is CC(C)(C)NC(=O)CN=C(N)C1CC1. The molecule has 0 saturated heterocycles. The lowest BCUT2D eigenvalue weighted by Gasteiger charge is -2.19. The normalized spacial score (nSPS) is 18.1. The van der Waals surface area contributed by atoms with Crippen molar-refractivity contribution in [1.82, 2.24) is 5.32 Å². The van der Waals surface area contributed by atoms with E-state index in [0.29, 0.717) is 11.8 Å². The molecule has 0 aromatic heterocycles. The van der Waals surface area contributed by atoms with Gasteiger partial charge >= 0.3 is 0 Å². The summed E-state index contributed by atoms with van der Waals surface area (Å²) in [7, 11) is 0. The van der Waals surface area contributed by atoms with Crippen molar-refractivity contribution in [2.45, 2.75) is 39.2 Å².